The number of hydrogen-bond donors (Lipinski definition) is 1. The van der Waals surface area contributed by atoms with Crippen LogP contribution in [0.4, 0.5) is 0 Å². The fraction of sp³-hybridized carbons (Fsp3) is 0.755. The maximum absolute atomic E-state index is 12.7. The molecule has 1 N–H and O–H groups in total. The molecule has 1 unspecified atom stereocenters. The van der Waals surface area contributed by atoms with Crippen molar-refractivity contribution in [2.45, 2.75) is 193 Å². The number of nitrogens with zero attached hydrogens (tertiary/aromatic N) is 1. The van der Waals surface area contributed by atoms with Gasteiger partial charge in [0.25, 0.3) is 0 Å². The van der Waals surface area contributed by atoms with E-state index >= 15 is 0 Å². The molecule has 10 heteroatoms. The molecule has 0 saturated heterocycles. The maximum Gasteiger partial charge on any atom is 0.472 e. The minimum Gasteiger partial charge on any atom is -0.462 e. The Kier molecular flexibility index (Phi) is 39.5. The van der Waals surface area contributed by atoms with Gasteiger partial charge in [0.2, 0.25) is 0 Å². The molecule has 0 aliphatic heterocycles. The van der Waals surface area contributed by atoms with Gasteiger partial charge in [-0.15, -0.1) is 0 Å². The van der Waals surface area contributed by atoms with E-state index in [4.69, 9.17) is 18.5 Å². The quantitative estimate of drug-likeness (QED) is 0.0213. The Hall–Kier alpha value is -2.29. The van der Waals surface area contributed by atoms with E-state index < -0.39 is 26.5 Å². The largest absolute Gasteiger partial charge is 0.472 e. The third kappa shape index (κ3) is 45.1. The highest BCUT2D eigenvalue weighted by atomic mass is 31.2. The first kappa shape index (κ1) is 56.7. The molecule has 0 aliphatic carbocycles. The first-order chi connectivity index (χ1) is 28.5. The Morgan fingerprint density at radius 3 is 1.42 bits per heavy atom. The molecule has 2 atom stereocenters. The zero-order chi connectivity index (χ0) is 43.6. The molecule has 0 aliphatic rings. The zero-order valence-electron chi connectivity index (χ0n) is 38.5. The fourth-order valence-corrected chi connectivity index (χ4v) is 6.86. The van der Waals surface area contributed by atoms with E-state index in [1.165, 1.54) is 109 Å². The number of phosphoric ester groups is 1. The van der Waals surface area contributed by atoms with E-state index in [1.54, 1.807) is 0 Å². The van der Waals surface area contributed by atoms with Gasteiger partial charge in [-0.3, -0.25) is 18.6 Å². The Morgan fingerprint density at radius 2 is 0.949 bits per heavy atom. The van der Waals surface area contributed by atoms with Crippen molar-refractivity contribution in [1.29, 1.82) is 0 Å². The second-order valence-corrected chi connectivity index (χ2v) is 18.2. The van der Waals surface area contributed by atoms with Crippen LogP contribution in [0, 0.1) is 0 Å². The fourth-order valence-electron chi connectivity index (χ4n) is 6.11. The number of allylic oxidation sites excluding steroid dienone is 10. The lowest BCUT2D eigenvalue weighted by atomic mass is 10.0. The molecule has 9 nitrogen and oxygen atoms in total. The highest BCUT2D eigenvalue weighted by Crippen LogP contribution is 2.43. The minimum absolute atomic E-state index is 0.0173. The standard InChI is InChI=1S/C49H88NO8P/c1-6-8-10-12-14-16-18-20-22-24-25-26-28-30-32-34-36-38-40-42-49(52)58-47(46-57-59(53,54)56-44-43-50(3,4)5)45-55-48(51)41-39-37-35-33-31-29-27-23-21-19-17-15-13-11-9-7-2/h14,16,20,22,25-26,30,32,36,38,47H,6-13,15,17-19,21,23-24,27-29,31,33-35,37,39-46H2,1-5H3/p+1/b16-14+,22-20+,26-25+,32-30+,38-36+/t47-/m1/s1. The van der Waals surface area contributed by atoms with Gasteiger partial charge >= 0.3 is 19.8 Å². The Bertz CT molecular complexity index is 1190. The lowest BCUT2D eigenvalue weighted by Crippen LogP contribution is -2.37. The van der Waals surface area contributed by atoms with Gasteiger partial charge in [-0.1, -0.05) is 184 Å². The molecule has 0 amide bonds. The van der Waals surface area contributed by atoms with Gasteiger partial charge in [0.15, 0.2) is 6.10 Å². The molecular formula is C49H89NO8P+. The van der Waals surface area contributed by atoms with Crippen molar-refractivity contribution in [2.75, 3.05) is 47.5 Å². The van der Waals surface area contributed by atoms with Crippen molar-refractivity contribution in [3.63, 3.8) is 0 Å². The summed E-state index contributed by atoms with van der Waals surface area (Å²) in [4.78, 5) is 35.4. The molecule has 0 rings (SSSR count). The summed E-state index contributed by atoms with van der Waals surface area (Å²) >= 11 is 0. The first-order valence-electron chi connectivity index (χ1n) is 23.5. The van der Waals surface area contributed by atoms with E-state index in [2.05, 4.69) is 62.5 Å². The summed E-state index contributed by atoms with van der Waals surface area (Å²) < 4.78 is 34.3. The van der Waals surface area contributed by atoms with Gasteiger partial charge in [0.1, 0.15) is 19.8 Å². The van der Waals surface area contributed by atoms with Gasteiger partial charge in [-0.25, -0.2) is 4.57 Å². The lowest BCUT2D eigenvalue weighted by molar-refractivity contribution is -0.870. The van der Waals surface area contributed by atoms with Crippen molar-refractivity contribution in [2.24, 2.45) is 0 Å². The summed E-state index contributed by atoms with van der Waals surface area (Å²) in [6, 6.07) is 0. The second-order valence-electron chi connectivity index (χ2n) is 16.8. The topological polar surface area (TPSA) is 108 Å². The van der Waals surface area contributed by atoms with Crippen molar-refractivity contribution >= 4 is 19.8 Å². The minimum atomic E-state index is -4.40. The Labute approximate surface area is 362 Å². The smallest absolute Gasteiger partial charge is 0.462 e. The summed E-state index contributed by atoms with van der Waals surface area (Å²) in [5, 5.41) is 0. The molecule has 0 heterocycles. The number of rotatable bonds is 42. The number of likely N-dealkylation sites (N-methyl/N-ethyl adjacent to an activating group) is 1. The molecule has 0 radical (unpaired) electrons. The van der Waals surface area contributed by atoms with E-state index in [0.29, 0.717) is 17.4 Å². The average Bonchev–Trinajstić information content (AvgIpc) is 3.19. The van der Waals surface area contributed by atoms with Gasteiger partial charge in [0.05, 0.1) is 27.7 Å². The van der Waals surface area contributed by atoms with Crippen LogP contribution in [0.15, 0.2) is 60.8 Å². The van der Waals surface area contributed by atoms with Crippen LogP contribution in [-0.2, 0) is 32.7 Å². The SMILES string of the molecule is CCCCC/C=C/C/C=C/C/C=C/C/C=C/C/C=C/CCC(=O)O[C@H](COC(=O)CCCCCCCCCCCCCCCCCC)COP(=O)(O)OCC[N+](C)(C)C. The summed E-state index contributed by atoms with van der Waals surface area (Å²) in [6.45, 7) is 4.32. The lowest BCUT2D eigenvalue weighted by Gasteiger charge is -2.24. The summed E-state index contributed by atoms with van der Waals surface area (Å²) in [5.41, 5.74) is 0. The number of phosphoric acid groups is 1. The molecule has 59 heavy (non-hydrogen) atoms. The monoisotopic (exact) mass is 851 g/mol. The molecule has 342 valence electrons. The highest BCUT2D eigenvalue weighted by molar-refractivity contribution is 7.47. The molecule has 0 aromatic rings. The summed E-state index contributed by atoms with van der Waals surface area (Å²) in [6.07, 6.45) is 50.0. The van der Waals surface area contributed by atoms with Crippen LogP contribution in [0.2, 0.25) is 0 Å². The number of ether oxygens (including phenoxy) is 2. The van der Waals surface area contributed by atoms with Crippen molar-refractivity contribution in [1.82, 2.24) is 0 Å². The van der Waals surface area contributed by atoms with E-state index in [1.807, 2.05) is 33.3 Å². The van der Waals surface area contributed by atoms with Crippen LogP contribution in [-0.4, -0.2) is 74.9 Å². The maximum atomic E-state index is 12.7. The number of esters is 2. The van der Waals surface area contributed by atoms with Gasteiger partial charge in [0, 0.05) is 12.8 Å². The van der Waals surface area contributed by atoms with Crippen molar-refractivity contribution < 1.29 is 42.1 Å². The number of unbranched alkanes of at least 4 members (excludes halogenated alkanes) is 18. The molecule has 0 aromatic carbocycles. The third-order valence-electron chi connectivity index (χ3n) is 9.81. The van der Waals surface area contributed by atoms with Gasteiger partial charge < -0.3 is 18.9 Å². The highest BCUT2D eigenvalue weighted by Gasteiger charge is 2.27. The molecule has 0 spiro atoms. The molecule has 0 saturated carbocycles. The first-order valence-corrected chi connectivity index (χ1v) is 25.0. The molecule has 0 fully saturated rings. The Balaban J connectivity index is 4.44. The number of carbonyl (C=O) groups is 2. The van der Waals surface area contributed by atoms with Crippen LogP contribution >= 0.6 is 7.82 Å². The van der Waals surface area contributed by atoms with E-state index in [9.17, 15) is 19.0 Å². The number of quaternary nitrogens is 1. The molecular weight excluding hydrogens is 762 g/mol. The van der Waals surface area contributed by atoms with Crippen LogP contribution in [0.5, 0.6) is 0 Å². The van der Waals surface area contributed by atoms with Gasteiger partial charge in [-0.2, -0.15) is 0 Å². The van der Waals surface area contributed by atoms with Crippen molar-refractivity contribution in [3.05, 3.63) is 60.8 Å². The van der Waals surface area contributed by atoms with E-state index in [0.717, 1.165) is 44.9 Å². The summed E-state index contributed by atoms with van der Waals surface area (Å²) in [7, 11) is 1.43. The van der Waals surface area contributed by atoms with Crippen LogP contribution < -0.4 is 0 Å². The second kappa shape index (κ2) is 41.1. The molecule has 0 aromatic heterocycles. The van der Waals surface area contributed by atoms with Crippen LogP contribution in [0.1, 0.15) is 187 Å². The number of carbonyl (C=O) groups excluding carboxylic acids is 2. The van der Waals surface area contributed by atoms with Crippen LogP contribution in [0.25, 0.3) is 0 Å². The normalized spacial score (nSPS) is 14.1. The predicted molar refractivity (Wildman–Crippen MR) is 247 cm³/mol. The van der Waals surface area contributed by atoms with Crippen LogP contribution in [0.3, 0.4) is 0 Å². The van der Waals surface area contributed by atoms with E-state index in [-0.39, 0.29) is 32.0 Å². The summed E-state index contributed by atoms with van der Waals surface area (Å²) in [5.74, 6) is -0.892. The van der Waals surface area contributed by atoms with Crippen molar-refractivity contribution in [3.8, 4) is 0 Å². The average molecular weight is 851 g/mol. The Morgan fingerprint density at radius 1 is 0.525 bits per heavy atom. The predicted octanol–water partition coefficient (Wildman–Crippen LogP) is 13.6. The zero-order valence-corrected chi connectivity index (χ0v) is 39.4. The van der Waals surface area contributed by atoms with Gasteiger partial charge in [-0.05, 0) is 51.4 Å². The number of hydrogen-bond acceptors (Lipinski definition) is 7. The third-order valence-corrected chi connectivity index (χ3v) is 10.8. The molecule has 0 bridgehead atoms.